The molecule has 2 aliphatic heterocycles. The van der Waals surface area contributed by atoms with Crippen LogP contribution >= 0.6 is 0 Å². The topological polar surface area (TPSA) is 97.0 Å². The van der Waals surface area contributed by atoms with Gasteiger partial charge >= 0.3 is 0 Å². The van der Waals surface area contributed by atoms with Gasteiger partial charge in [0, 0.05) is 18.8 Å². The van der Waals surface area contributed by atoms with Crippen molar-refractivity contribution in [3.05, 3.63) is 59.7 Å². The highest BCUT2D eigenvalue weighted by Crippen LogP contribution is 2.32. The van der Waals surface area contributed by atoms with Crippen molar-refractivity contribution in [2.45, 2.75) is 69.2 Å². The summed E-state index contributed by atoms with van der Waals surface area (Å²) in [6.07, 6.45) is 4.83. The van der Waals surface area contributed by atoms with Gasteiger partial charge in [0.1, 0.15) is 18.5 Å². The first-order valence-electron chi connectivity index (χ1n) is 12.8. The first kappa shape index (κ1) is 24.3. The van der Waals surface area contributed by atoms with Gasteiger partial charge in [-0.2, -0.15) is 0 Å². The summed E-state index contributed by atoms with van der Waals surface area (Å²) in [5.74, 6) is 0.164. The molecule has 2 aromatic rings. The Morgan fingerprint density at radius 1 is 1.03 bits per heavy atom. The van der Waals surface area contributed by atoms with E-state index < -0.39 is 0 Å². The van der Waals surface area contributed by atoms with Crippen molar-refractivity contribution in [3.8, 4) is 5.75 Å². The minimum Gasteiger partial charge on any atom is -0.490 e. The molecule has 2 fully saturated rings. The molecule has 1 saturated heterocycles. The highest BCUT2D eigenvalue weighted by Gasteiger charge is 2.39. The van der Waals surface area contributed by atoms with Gasteiger partial charge in [-0.25, -0.2) is 0 Å². The molecule has 3 atom stereocenters. The normalized spacial score (nSPS) is 23.8. The molecule has 0 bridgehead atoms. The van der Waals surface area contributed by atoms with E-state index in [-0.39, 0.29) is 49.0 Å². The molecule has 1 aliphatic carbocycles. The van der Waals surface area contributed by atoms with E-state index in [9.17, 15) is 14.4 Å². The Bertz CT molecular complexity index is 1120. The lowest BCUT2D eigenvalue weighted by molar-refractivity contribution is -0.135. The van der Waals surface area contributed by atoms with Crippen molar-refractivity contribution in [1.82, 2.24) is 10.2 Å². The maximum Gasteiger partial charge on any atom is 0.257 e. The summed E-state index contributed by atoms with van der Waals surface area (Å²) in [6, 6.07) is 14.8. The number of likely N-dealkylation sites (N-methyl/N-ethyl adjacent to an activating group) is 1. The van der Waals surface area contributed by atoms with Crippen molar-refractivity contribution in [2.24, 2.45) is 0 Å². The molecule has 5 rings (SSSR count). The molecular weight excluding hydrogens is 458 g/mol. The third-order valence-corrected chi connectivity index (χ3v) is 7.39. The van der Waals surface area contributed by atoms with Gasteiger partial charge in [0.2, 0.25) is 11.8 Å². The minimum atomic E-state index is -0.312. The fraction of sp³-hybridized carbons (Fsp3) is 0.464. The number of hydrogen-bond donors (Lipinski definition) is 2. The average Bonchev–Trinajstić information content (AvgIpc) is 2.84. The number of nitrogens with one attached hydrogen (secondary N) is 2. The van der Waals surface area contributed by atoms with Crippen molar-refractivity contribution in [3.63, 3.8) is 0 Å². The molecule has 190 valence electrons. The fourth-order valence-corrected chi connectivity index (χ4v) is 5.14. The molecule has 2 heterocycles. The number of carbonyl (C=O) groups is 3. The van der Waals surface area contributed by atoms with Crippen LogP contribution in [-0.4, -0.2) is 60.6 Å². The molecule has 36 heavy (non-hydrogen) atoms. The van der Waals surface area contributed by atoms with Gasteiger partial charge in [-0.1, -0.05) is 30.3 Å². The summed E-state index contributed by atoms with van der Waals surface area (Å²) in [4.78, 5) is 40.0. The number of fused-ring (bicyclic) bond motifs is 2. The van der Waals surface area contributed by atoms with E-state index in [4.69, 9.17) is 9.47 Å². The quantitative estimate of drug-likeness (QED) is 0.646. The standard InChI is InChI=1S/C28H33N3O5/c1-31-23-12-11-21(16-27(33)29-19-8-5-9-19)36-25(23)17-35-24-13-10-20(15-22(24)28(31)34)30-26(32)14-18-6-3-2-4-7-18/h2-4,6-7,10,13,15,19,21,23,25H,5,8-9,11-12,14,16-17H2,1H3,(H,29,33)(H,30,32)/t21-,23+,25-/m0/s1. The molecule has 8 heteroatoms. The number of hydrogen-bond acceptors (Lipinski definition) is 5. The second kappa shape index (κ2) is 10.7. The zero-order valence-corrected chi connectivity index (χ0v) is 20.6. The number of anilines is 1. The molecule has 2 N–H and O–H groups in total. The van der Waals surface area contributed by atoms with Gasteiger partial charge in [-0.3, -0.25) is 14.4 Å². The van der Waals surface area contributed by atoms with Crippen LogP contribution in [0.5, 0.6) is 5.75 Å². The molecule has 3 aliphatic rings. The van der Waals surface area contributed by atoms with Gasteiger partial charge in [0.15, 0.2) is 0 Å². The lowest BCUT2D eigenvalue weighted by Gasteiger charge is -2.42. The van der Waals surface area contributed by atoms with Crippen LogP contribution < -0.4 is 15.4 Å². The maximum atomic E-state index is 13.4. The maximum absolute atomic E-state index is 13.4. The van der Waals surface area contributed by atoms with Crippen LogP contribution in [0.4, 0.5) is 5.69 Å². The minimum absolute atomic E-state index is 0.0338. The summed E-state index contributed by atoms with van der Waals surface area (Å²) in [5, 5.41) is 5.96. The third kappa shape index (κ3) is 5.54. The SMILES string of the molecule is CN1C(=O)c2cc(NC(=O)Cc3ccccc3)ccc2OC[C@@H]2O[C@H](CC(=O)NC3CCC3)CC[C@H]21. The summed E-state index contributed by atoms with van der Waals surface area (Å²) in [5.41, 5.74) is 1.88. The van der Waals surface area contributed by atoms with Gasteiger partial charge in [-0.15, -0.1) is 0 Å². The number of ether oxygens (including phenoxy) is 2. The van der Waals surface area contributed by atoms with Gasteiger partial charge in [0.25, 0.3) is 5.91 Å². The van der Waals surface area contributed by atoms with Crippen LogP contribution in [0, 0.1) is 0 Å². The monoisotopic (exact) mass is 491 g/mol. The van der Waals surface area contributed by atoms with Gasteiger partial charge in [0.05, 0.1) is 30.6 Å². The summed E-state index contributed by atoms with van der Waals surface area (Å²) in [7, 11) is 1.78. The largest absolute Gasteiger partial charge is 0.490 e. The molecule has 0 radical (unpaired) electrons. The number of carbonyl (C=O) groups excluding carboxylic acids is 3. The zero-order chi connectivity index (χ0) is 25.1. The van der Waals surface area contributed by atoms with E-state index >= 15 is 0 Å². The van der Waals surface area contributed by atoms with Crippen molar-refractivity contribution < 1.29 is 23.9 Å². The molecular formula is C28H33N3O5. The highest BCUT2D eigenvalue weighted by atomic mass is 16.5. The Balaban J connectivity index is 1.23. The predicted molar refractivity (Wildman–Crippen MR) is 135 cm³/mol. The second-order valence-corrected chi connectivity index (χ2v) is 9.99. The van der Waals surface area contributed by atoms with E-state index in [1.807, 2.05) is 30.3 Å². The Morgan fingerprint density at radius 2 is 1.83 bits per heavy atom. The molecule has 3 amide bonds. The van der Waals surface area contributed by atoms with E-state index in [1.165, 1.54) is 6.42 Å². The Kier molecular flexibility index (Phi) is 7.23. The predicted octanol–water partition coefficient (Wildman–Crippen LogP) is 3.31. The molecule has 0 aromatic heterocycles. The summed E-state index contributed by atoms with van der Waals surface area (Å²) < 4.78 is 12.3. The van der Waals surface area contributed by atoms with Crippen LogP contribution in [0.2, 0.25) is 0 Å². The lowest BCUT2D eigenvalue weighted by atomic mass is 9.92. The lowest BCUT2D eigenvalue weighted by Crippen LogP contribution is -2.54. The smallest absolute Gasteiger partial charge is 0.257 e. The Morgan fingerprint density at radius 3 is 2.58 bits per heavy atom. The van der Waals surface area contributed by atoms with E-state index in [2.05, 4.69) is 10.6 Å². The van der Waals surface area contributed by atoms with E-state index in [0.717, 1.165) is 24.8 Å². The molecule has 0 spiro atoms. The fourth-order valence-electron chi connectivity index (χ4n) is 5.14. The number of benzene rings is 2. The number of nitrogens with zero attached hydrogens (tertiary/aromatic N) is 1. The molecule has 2 aromatic carbocycles. The third-order valence-electron chi connectivity index (χ3n) is 7.39. The van der Waals surface area contributed by atoms with Crippen molar-refractivity contribution in [2.75, 3.05) is 19.0 Å². The summed E-state index contributed by atoms with van der Waals surface area (Å²) in [6.45, 7) is 0.287. The Hall–Kier alpha value is -3.39. The van der Waals surface area contributed by atoms with Gasteiger partial charge < -0.3 is 25.0 Å². The van der Waals surface area contributed by atoms with Gasteiger partial charge in [-0.05, 0) is 55.9 Å². The molecule has 1 saturated carbocycles. The summed E-state index contributed by atoms with van der Waals surface area (Å²) >= 11 is 0. The molecule has 8 nitrogen and oxygen atoms in total. The number of rotatable bonds is 6. The van der Waals surface area contributed by atoms with Crippen LogP contribution in [0.1, 0.15) is 54.4 Å². The van der Waals surface area contributed by atoms with E-state index in [1.54, 1.807) is 30.1 Å². The first-order valence-corrected chi connectivity index (χ1v) is 12.8. The van der Waals surface area contributed by atoms with Crippen LogP contribution in [0.15, 0.2) is 48.5 Å². The second-order valence-electron chi connectivity index (χ2n) is 9.99. The van der Waals surface area contributed by atoms with Crippen LogP contribution in [-0.2, 0) is 20.7 Å². The van der Waals surface area contributed by atoms with E-state index in [0.29, 0.717) is 35.9 Å². The zero-order valence-electron chi connectivity index (χ0n) is 20.6. The first-order chi connectivity index (χ1) is 17.5. The average molecular weight is 492 g/mol. The molecule has 0 unspecified atom stereocenters. The Labute approximate surface area is 211 Å². The van der Waals surface area contributed by atoms with Crippen molar-refractivity contribution in [1.29, 1.82) is 0 Å². The highest BCUT2D eigenvalue weighted by molar-refractivity contribution is 6.00. The van der Waals surface area contributed by atoms with Crippen LogP contribution in [0.25, 0.3) is 0 Å². The van der Waals surface area contributed by atoms with Crippen molar-refractivity contribution >= 4 is 23.4 Å². The van der Waals surface area contributed by atoms with Crippen LogP contribution in [0.3, 0.4) is 0 Å². The number of amides is 3.